The molecule has 0 bridgehead atoms. The first-order chi connectivity index (χ1) is 7.08. The normalized spacial score (nSPS) is 10.8. The van der Waals surface area contributed by atoms with Crippen molar-refractivity contribution in [3.05, 3.63) is 33.4 Å². The number of halogens is 3. The zero-order chi connectivity index (χ0) is 11.6. The molecule has 0 nitrogen and oxygen atoms in total. The molecule has 0 aliphatic heterocycles. The second kappa shape index (κ2) is 5.43. The molecule has 0 amide bonds. The summed E-state index contributed by atoms with van der Waals surface area (Å²) in [7, 11) is 0. The predicted octanol–water partition coefficient (Wildman–Crippen LogP) is 4.83. The van der Waals surface area contributed by atoms with Gasteiger partial charge in [-0.3, -0.25) is 0 Å². The first-order valence-electron chi connectivity index (χ1n) is 4.86. The molecule has 0 aliphatic carbocycles. The van der Waals surface area contributed by atoms with Gasteiger partial charge in [0.1, 0.15) is 0 Å². The highest BCUT2D eigenvalue weighted by molar-refractivity contribution is 6.19. The number of hydrogen-bond acceptors (Lipinski definition) is 0. The lowest BCUT2D eigenvalue weighted by Gasteiger charge is -2.18. The molecule has 0 aliphatic rings. The van der Waals surface area contributed by atoms with Crippen LogP contribution in [0.25, 0.3) is 0 Å². The van der Waals surface area contributed by atoms with Gasteiger partial charge in [-0.2, -0.15) is 0 Å². The maximum Gasteiger partial charge on any atom is 0.0479 e. The highest BCUT2D eigenvalue weighted by Crippen LogP contribution is 2.30. The summed E-state index contributed by atoms with van der Waals surface area (Å²) >= 11 is 17.9. The molecule has 84 valence electrons. The Morgan fingerprint density at radius 3 is 0.933 bits per heavy atom. The first-order valence-corrected chi connectivity index (χ1v) is 6.47. The summed E-state index contributed by atoms with van der Waals surface area (Å²) in [4.78, 5) is 0. The minimum absolute atomic E-state index is 0.520. The van der Waals surface area contributed by atoms with Crippen molar-refractivity contribution in [2.24, 2.45) is 0 Å². The topological polar surface area (TPSA) is 0 Å². The van der Waals surface area contributed by atoms with Gasteiger partial charge in [-0.15, -0.1) is 34.8 Å². The predicted molar refractivity (Wildman–Crippen MR) is 69.3 cm³/mol. The largest absolute Gasteiger partial charge is 0.122 e. The average molecular weight is 266 g/mol. The Bertz CT molecular complexity index is 291. The highest BCUT2D eigenvalue weighted by Gasteiger charge is 2.14. The first kappa shape index (κ1) is 13.2. The van der Waals surface area contributed by atoms with Crippen LogP contribution in [0.3, 0.4) is 0 Å². The van der Waals surface area contributed by atoms with Crippen LogP contribution in [0.2, 0.25) is 0 Å². The summed E-state index contributed by atoms with van der Waals surface area (Å²) in [6.45, 7) is 6.23. The molecular weight excluding hydrogens is 250 g/mol. The van der Waals surface area contributed by atoms with E-state index in [1.165, 1.54) is 33.4 Å². The van der Waals surface area contributed by atoms with Gasteiger partial charge in [0.25, 0.3) is 0 Å². The highest BCUT2D eigenvalue weighted by atomic mass is 35.5. The Morgan fingerprint density at radius 1 is 0.600 bits per heavy atom. The monoisotopic (exact) mass is 264 g/mol. The van der Waals surface area contributed by atoms with Crippen LogP contribution in [0.1, 0.15) is 33.4 Å². The molecule has 0 spiro atoms. The number of alkyl halides is 3. The van der Waals surface area contributed by atoms with Crippen LogP contribution < -0.4 is 0 Å². The zero-order valence-electron chi connectivity index (χ0n) is 9.26. The lowest BCUT2D eigenvalue weighted by molar-refractivity contribution is 1.09. The van der Waals surface area contributed by atoms with Crippen molar-refractivity contribution in [2.45, 2.75) is 38.4 Å². The van der Waals surface area contributed by atoms with Gasteiger partial charge in [0, 0.05) is 17.6 Å². The number of benzene rings is 1. The van der Waals surface area contributed by atoms with E-state index in [4.69, 9.17) is 34.8 Å². The summed E-state index contributed by atoms with van der Waals surface area (Å²) in [5.74, 6) is 1.56. The standard InChI is InChI=1S/C12H15Cl3/c1-7-10(4-13)8(2)12(6-15)9(3)11(7)5-14/h4-6H2,1-3H3. The minimum atomic E-state index is 0.520. The molecule has 0 unspecified atom stereocenters. The summed E-state index contributed by atoms with van der Waals surface area (Å²) in [5.41, 5.74) is 7.16. The maximum absolute atomic E-state index is 5.96. The lowest BCUT2D eigenvalue weighted by atomic mass is 9.90. The van der Waals surface area contributed by atoms with Crippen molar-refractivity contribution in [3.63, 3.8) is 0 Å². The molecule has 0 heterocycles. The molecule has 0 radical (unpaired) electrons. The fourth-order valence-electron chi connectivity index (χ4n) is 1.99. The van der Waals surface area contributed by atoms with Crippen molar-refractivity contribution in [1.82, 2.24) is 0 Å². The molecule has 15 heavy (non-hydrogen) atoms. The van der Waals surface area contributed by atoms with Crippen LogP contribution >= 0.6 is 34.8 Å². The number of rotatable bonds is 3. The Labute approximate surface area is 107 Å². The molecule has 1 rings (SSSR count). The Kier molecular flexibility index (Phi) is 4.76. The van der Waals surface area contributed by atoms with Crippen LogP contribution in [0.15, 0.2) is 0 Å². The van der Waals surface area contributed by atoms with E-state index < -0.39 is 0 Å². The van der Waals surface area contributed by atoms with Crippen LogP contribution in [0, 0.1) is 20.8 Å². The zero-order valence-corrected chi connectivity index (χ0v) is 11.5. The minimum Gasteiger partial charge on any atom is -0.122 e. The van der Waals surface area contributed by atoms with Gasteiger partial charge in [0.2, 0.25) is 0 Å². The van der Waals surface area contributed by atoms with E-state index in [1.807, 2.05) is 0 Å². The van der Waals surface area contributed by atoms with E-state index in [2.05, 4.69) is 20.8 Å². The summed E-state index contributed by atoms with van der Waals surface area (Å²) in [6.07, 6.45) is 0. The Morgan fingerprint density at radius 2 is 0.800 bits per heavy atom. The summed E-state index contributed by atoms with van der Waals surface area (Å²) in [6, 6.07) is 0. The van der Waals surface area contributed by atoms with Crippen LogP contribution in [-0.2, 0) is 17.6 Å². The molecule has 0 fully saturated rings. The van der Waals surface area contributed by atoms with Gasteiger partial charge in [0.05, 0.1) is 0 Å². The molecule has 0 atom stereocenters. The quantitative estimate of drug-likeness (QED) is 0.687. The van der Waals surface area contributed by atoms with E-state index in [9.17, 15) is 0 Å². The van der Waals surface area contributed by atoms with Crippen molar-refractivity contribution in [3.8, 4) is 0 Å². The molecule has 0 N–H and O–H groups in total. The van der Waals surface area contributed by atoms with Crippen LogP contribution in [0.5, 0.6) is 0 Å². The second-order valence-electron chi connectivity index (χ2n) is 3.71. The van der Waals surface area contributed by atoms with E-state index in [0.29, 0.717) is 17.6 Å². The Hall–Kier alpha value is 0.0900. The average Bonchev–Trinajstić information content (AvgIpc) is 2.19. The molecule has 0 aromatic heterocycles. The second-order valence-corrected chi connectivity index (χ2v) is 4.51. The fourth-order valence-corrected chi connectivity index (χ4v) is 3.19. The molecule has 1 aromatic rings. The third-order valence-electron chi connectivity index (χ3n) is 3.12. The smallest absolute Gasteiger partial charge is 0.0479 e. The van der Waals surface area contributed by atoms with Crippen LogP contribution in [0.4, 0.5) is 0 Å². The maximum atomic E-state index is 5.96. The van der Waals surface area contributed by atoms with Gasteiger partial charge < -0.3 is 0 Å². The molecule has 3 heteroatoms. The molecule has 0 saturated carbocycles. The van der Waals surface area contributed by atoms with Gasteiger partial charge in [-0.1, -0.05) is 0 Å². The van der Waals surface area contributed by atoms with E-state index >= 15 is 0 Å². The summed E-state index contributed by atoms with van der Waals surface area (Å²) in [5, 5.41) is 0. The van der Waals surface area contributed by atoms with Gasteiger partial charge in [0.15, 0.2) is 0 Å². The third-order valence-corrected chi connectivity index (χ3v) is 3.92. The van der Waals surface area contributed by atoms with E-state index in [0.717, 1.165) is 0 Å². The Balaban J connectivity index is 3.57. The fraction of sp³-hybridized carbons (Fsp3) is 0.500. The van der Waals surface area contributed by atoms with E-state index in [1.54, 1.807) is 0 Å². The van der Waals surface area contributed by atoms with Crippen LogP contribution in [-0.4, -0.2) is 0 Å². The molecular formula is C12H15Cl3. The van der Waals surface area contributed by atoms with Crippen molar-refractivity contribution < 1.29 is 0 Å². The van der Waals surface area contributed by atoms with Gasteiger partial charge in [-0.05, 0) is 54.2 Å². The number of hydrogen-bond donors (Lipinski definition) is 0. The SMILES string of the molecule is Cc1c(CCl)c(C)c(CCl)c(C)c1CCl. The third kappa shape index (κ3) is 2.27. The summed E-state index contributed by atoms with van der Waals surface area (Å²) < 4.78 is 0. The van der Waals surface area contributed by atoms with Crippen molar-refractivity contribution >= 4 is 34.8 Å². The van der Waals surface area contributed by atoms with Crippen molar-refractivity contribution in [1.29, 1.82) is 0 Å². The lowest BCUT2D eigenvalue weighted by Crippen LogP contribution is -2.04. The molecule has 1 aromatic carbocycles. The van der Waals surface area contributed by atoms with Gasteiger partial charge in [-0.25, -0.2) is 0 Å². The van der Waals surface area contributed by atoms with E-state index in [-0.39, 0.29) is 0 Å². The van der Waals surface area contributed by atoms with Crippen molar-refractivity contribution in [2.75, 3.05) is 0 Å². The molecule has 0 saturated heterocycles. The van der Waals surface area contributed by atoms with Gasteiger partial charge >= 0.3 is 0 Å².